The molecule has 1 unspecified atom stereocenters. The number of carbonyl (C=O) groups excluding carboxylic acids is 1. The Morgan fingerprint density at radius 3 is 2.83 bits per heavy atom. The lowest BCUT2D eigenvalue weighted by Gasteiger charge is -2.34. The number of hydrogen-bond donors (Lipinski definition) is 2. The first kappa shape index (κ1) is 15.2. The Balaban J connectivity index is 2.36. The molecule has 0 radical (unpaired) electrons. The van der Waals surface area contributed by atoms with Crippen molar-refractivity contribution in [3.8, 4) is 0 Å². The molecule has 1 rings (SSSR count). The van der Waals surface area contributed by atoms with E-state index in [1.54, 1.807) is 4.90 Å². The number of likely N-dealkylation sites (tertiary alicyclic amines) is 1. The van der Waals surface area contributed by atoms with Crippen LogP contribution in [0.15, 0.2) is 0 Å². The third-order valence-corrected chi connectivity index (χ3v) is 2.84. The maximum atomic E-state index is 11.9. The van der Waals surface area contributed by atoms with Crippen molar-refractivity contribution in [3.05, 3.63) is 0 Å². The third-order valence-electron chi connectivity index (χ3n) is 2.84. The largest absolute Gasteiger partial charge is 0.444 e. The van der Waals surface area contributed by atoms with Gasteiger partial charge in [-0.1, -0.05) is 0 Å². The zero-order valence-electron chi connectivity index (χ0n) is 11.7. The van der Waals surface area contributed by atoms with Gasteiger partial charge in [0.25, 0.3) is 0 Å². The Kier molecular flexibility index (Phi) is 5.88. The van der Waals surface area contributed by atoms with Gasteiger partial charge in [-0.15, -0.1) is 0 Å². The molecular formula is C13H26N2O3. The molecule has 1 aliphatic heterocycles. The number of piperidine rings is 1. The average Bonchev–Trinajstić information content (AvgIpc) is 2.27. The van der Waals surface area contributed by atoms with Crippen molar-refractivity contribution in [1.82, 2.24) is 10.2 Å². The predicted octanol–water partition coefficient (Wildman–Crippen LogP) is 1.36. The van der Waals surface area contributed by atoms with E-state index in [1.807, 2.05) is 20.8 Å². The van der Waals surface area contributed by atoms with Gasteiger partial charge in [-0.2, -0.15) is 0 Å². The van der Waals surface area contributed by atoms with E-state index >= 15 is 0 Å². The van der Waals surface area contributed by atoms with Crippen LogP contribution in [0.1, 0.15) is 40.0 Å². The summed E-state index contributed by atoms with van der Waals surface area (Å²) in [7, 11) is 0. The maximum absolute atomic E-state index is 11.9. The van der Waals surface area contributed by atoms with Crippen LogP contribution in [0, 0.1) is 0 Å². The van der Waals surface area contributed by atoms with E-state index in [-0.39, 0.29) is 12.7 Å². The molecule has 0 aromatic heterocycles. The zero-order chi connectivity index (χ0) is 13.6. The molecule has 0 aromatic rings. The Morgan fingerprint density at radius 2 is 2.22 bits per heavy atom. The SMILES string of the molecule is CC(C)(C)OC(=O)N1CCCC(NCCCO)C1. The number of nitrogens with zero attached hydrogens (tertiary/aromatic N) is 1. The summed E-state index contributed by atoms with van der Waals surface area (Å²) in [6.45, 7) is 8.11. The molecule has 1 fully saturated rings. The molecule has 0 spiro atoms. The summed E-state index contributed by atoms with van der Waals surface area (Å²) in [6, 6.07) is 0.317. The Morgan fingerprint density at radius 1 is 1.50 bits per heavy atom. The fourth-order valence-electron chi connectivity index (χ4n) is 2.02. The topological polar surface area (TPSA) is 61.8 Å². The fraction of sp³-hybridized carbons (Fsp3) is 0.923. The first-order chi connectivity index (χ1) is 8.42. The highest BCUT2D eigenvalue weighted by atomic mass is 16.6. The lowest BCUT2D eigenvalue weighted by Crippen LogP contribution is -2.49. The molecule has 5 heteroatoms. The van der Waals surface area contributed by atoms with Crippen LogP contribution < -0.4 is 5.32 Å². The van der Waals surface area contributed by atoms with Crippen LogP contribution in [0.2, 0.25) is 0 Å². The lowest BCUT2D eigenvalue weighted by atomic mass is 10.1. The van der Waals surface area contributed by atoms with Crippen molar-refractivity contribution in [2.24, 2.45) is 0 Å². The Labute approximate surface area is 109 Å². The van der Waals surface area contributed by atoms with Gasteiger partial charge in [0, 0.05) is 25.7 Å². The van der Waals surface area contributed by atoms with Crippen molar-refractivity contribution in [2.45, 2.75) is 51.7 Å². The summed E-state index contributed by atoms with van der Waals surface area (Å²) >= 11 is 0. The molecule has 1 atom stereocenters. The normalized spacial score (nSPS) is 20.9. The molecule has 0 aromatic carbocycles. The summed E-state index contributed by atoms with van der Waals surface area (Å²) in [6.07, 6.45) is 2.60. The second kappa shape index (κ2) is 6.95. The van der Waals surface area contributed by atoms with E-state index in [0.29, 0.717) is 12.6 Å². The molecular weight excluding hydrogens is 232 g/mol. The van der Waals surface area contributed by atoms with Crippen LogP contribution in [0.4, 0.5) is 4.79 Å². The van der Waals surface area contributed by atoms with Crippen molar-refractivity contribution >= 4 is 6.09 Å². The molecule has 1 amide bonds. The van der Waals surface area contributed by atoms with Crippen LogP contribution in [-0.2, 0) is 4.74 Å². The van der Waals surface area contributed by atoms with E-state index < -0.39 is 5.60 Å². The average molecular weight is 258 g/mol. The van der Waals surface area contributed by atoms with E-state index in [2.05, 4.69) is 5.32 Å². The quantitative estimate of drug-likeness (QED) is 0.747. The van der Waals surface area contributed by atoms with Crippen molar-refractivity contribution < 1.29 is 14.6 Å². The van der Waals surface area contributed by atoms with Crippen LogP contribution >= 0.6 is 0 Å². The van der Waals surface area contributed by atoms with Crippen LogP contribution in [0.5, 0.6) is 0 Å². The number of aliphatic hydroxyl groups excluding tert-OH is 1. The minimum atomic E-state index is -0.436. The molecule has 5 nitrogen and oxygen atoms in total. The van der Waals surface area contributed by atoms with Gasteiger partial charge in [-0.05, 0) is 46.6 Å². The van der Waals surface area contributed by atoms with Gasteiger partial charge in [0.2, 0.25) is 0 Å². The second-order valence-electron chi connectivity index (χ2n) is 5.80. The summed E-state index contributed by atoms with van der Waals surface area (Å²) in [5.74, 6) is 0. The van der Waals surface area contributed by atoms with Gasteiger partial charge in [-0.3, -0.25) is 0 Å². The molecule has 1 heterocycles. The number of ether oxygens (including phenoxy) is 1. The zero-order valence-corrected chi connectivity index (χ0v) is 11.7. The molecule has 0 aliphatic carbocycles. The predicted molar refractivity (Wildman–Crippen MR) is 70.5 cm³/mol. The van der Waals surface area contributed by atoms with E-state index in [1.165, 1.54) is 0 Å². The second-order valence-corrected chi connectivity index (χ2v) is 5.80. The number of rotatable bonds is 4. The van der Waals surface area contributed by atoms with Gasteiger partial charge in [0.05, 0.1) is 0 Å². The molecule has 0 bridgehead atoms. The lowest BCUT2D eigenvalue weighted by molar-refractivity contribution is 0.0187. The van der Waals surface area contributed by atoms with Gasteiger partial charge in [-0.25, -0.2) is 4.79 Å². The van der Waals surface area contributed by atoms with Crippen molar-refractivity contribution in [1.29, 1.82) is 0 Å². The Hall–Kier alpha value is -0.810. The maximum Gasteiger partial charge on any atom is 0.410 e. The molecule has 18 heavy (non-hydrogen) atoms. The van der Waals surface area contributed by atoms with Gasteiger partial charge >= 0.3 is 6.09 Å². The highest BCUT2D eigenvalue weighted by Gasteiger charge is 2.27. The minimum Gasteiger partial charge on any atom is -0.444 e. The smallest absolute Gasteiger partial charge is 0.410 e. The molecule has 1 aliphatic rings. The molecule has 0 saturated carbocycles. The number of nitrogens with one attached hydrogen (secondary N) is 1. The highest BCUT2D eigenvalue weighted by molar-refractivity contribution is 5.68. The first-order valence-electron chi connectivity index (χ1n) is 6.74. The molecule has 1 saturated heterocycles. The van der Waals surface area contributed by atoms with E-state index in [4.69, 9.17) is 9.84 Å². The number of aliphatic hydroxyl groups is 1. The fourth-order valence-corrected chi connectivity index (χ4v) is 2.02. The number of amides is 1. The van der Waals surface area contributed by atoms with Gasteiger partial charge < -0.3 is 20.1 Å². The van der Waals surface area contributed by atoms with E-state index in [9.17, 15) is 4.79 Å². The summed E-state index contributed by atoms with van der Waals surface area (Å²) in [5, 5.41) is 12.1. The monoisotopic (exact) mass is 258 g/mol. The van der Waals surface area contributed by atoms with Crippen molar-refractivity contribution in [3.63, 3.8) is 0 Å². The third kappa shape index (κ3) is 5.69. The minimum absolute atomic E-state index is 0.204. The van der Waals surface area contributed by atoms with E-state index in [0.717, 1.165) is 32.4 Å². The summed E-state index contributed by atoms with van der Waals surface area (Å²) in [4.78, 5) is 13.7. The standard InChI is InChI=1S/C13H26N2O3/c1-13(2,3)18-12(17)15-8-4-6-11(10-15)14-7-5-9-16/h11,14,16H,4-10H2,1-3H3. The van der Waals surface area contributed by atoms with Crippen LogP contribution in [0.25, 0.3) is 0 Å². The van der Waals surface area contributed by atoms with Gasteiger partial charge in [0.15, 0.2) is 0 Å². The molecule has 2 N–H and O–H groups in total. The van der Waals surface area contributed by atoms with Crippen LogP contribution in [0.3, 0.4) is 0 Å². The number of hydrogen-bond acceptors (Lipinski definition) is 4. The Bertz CT molecular complexity index is 263. The number of carbonyl (C=O) groups is 1. The van der Waals surface area contributed by atoms with Crippen molar-refractivity contribution in [2.75, 3.05) is 26.2 Å². The summed E-state index contributed by atoms with van der Waals surface area (Å²) in [5.41, 5.74) is -0.436. The van der Waals surface area contributed by atoms with Crippen LogP contribution in [-0.4, -0.2) is 54.0 Å². The van der Waals surface area contributed by atoms with Gasteiger partial charge in [0.1, 0.15) is 5.60 Å². The summed E-state index contributed by atoms with van der Waals surface area (Å²) < 4.78 is 5.37. The first-order valence-corrected chi connectivity index (χ1v) is 6.74. The highest BCUT2D eigenvalue weighted by Crippen LogP contribution is 2.15. The molecule has 106 valence electrons.